The van der Waals surface area contributed by atoms with Gasteiger partial charge in [0.25, 0.3) is 5.91 Å². The molecule has 0 spiro atoms. The molecule has 2 rings (SSSR count). The van der Waals surface area contributed by atoms with E-state index >= 15 is 0 Å². The highest BCUT2D eigenvalue weighted by Gasteiger charge is 2.33. The zero-order valence-electron chi connectivity index (χ0n) is 13.4. The average molecular weight is 373 g/mol. The number of nitrogens with zero attached hydrogens (tertiary/aromatic N) is 1. The first-order valence-corrected chi connectivity index (χ1v) is 8.54. The van der Waals surface area contributed by atoms with Crippen LogP contribution in [0.1, 0.15) is 26.3 Å². The standard InChI is InChI=1S/C16H17F2NO3S2/c1-4-21-12-7-10(5-6-11(12)22-15(17)18)8-13-14(20)19(9(2)3)16(23)24-13/h5-9,15H,4H2,1-3H3/b13-8-. The second-order valence-electron chi connectivity index (χ2n) is 5.16. The molecule has 0 unspecified atom stereocenters. The summed E-state index contributed by atoms with van der Waals surface area (Å²) in [6.45, 7) is 2.89. The number of carbonyl (C=O) groups excluding carboxylic acids is 1. The molecule has 0 aliphatic carbocycles. The Labute approximate surface area is 148 Å². The summed E-state index contributed by atoms with van der Waals surface area (Å²) < 4.78 is 35.1. The van der Waals surface area contributed by atoms with Crippen LogP contribution >= 0.6 is 24.0 Å². The van der Waals surface area contributed by atoms with Gasteiger partial charge in [0.2, 0.25) is 0 Å². The molecule has 1 saturated heterocycles. The van der Waals surface area contributed by atoms with E-state index in [4.69, 9.17) is 17.0 Å². The van der Waals surface area contributed by atoms with Crippen LogP contribution in [-0.2, 0) is 4.79 Å². The van der Waals surface area contributed by atoms with Gasteiger partial charge in [-0.1, -0.05) is 30.0 Å². The van der Waals surface area contributed by atoms with Gasteiger partial charge in [0, 0.05) is 6.04 Å². The van der Waals surface area contributed by atoms with Gasteiger partial charge in [-0.2, -0.15) is 8.78 Å². The summed E-state index contributed by atoms with van der Waals surface area (Å²) in [5, 5.41) is 0. The Morgan fingerprint density at radius 1 is 1.33 bits per heavy atom. The molecule has 0 atom stereocenters. The van der Waals surface area contributed by atoms with Crippen molar-refractivity contribution >= 4 is 40.3 Å². The van der Waals surface area contributed by atoms with E-state index in [1.165, 1.54) is 17.8 Å². The number of benzene rings is 1. The van der Waals surface area contributed by atoms with Crippen LogP contribution < -0.4 is 9.47 Å². The summed E-state index contributed by atoms with van der Waals surface area (Å²) >= 11 is 6.44. The molecule has 4 nitrogen and oxygen atoms in total. The molecular weight excluding hydrogens is 356 g/mol. The predicted molar refractivity (Wildman–Crippen MR) is 94.4 cm³/mol. The van der Waals surface area contributed by atoms with Crippen LogP contribution in [0.25, 0.3) is 6.08 Å². The van der Waals surface area contributed by atoms with Crippen molar-refractivity contribution in [3.05, 3.63) is 28.7 Å². The van der Waals surface area contributed by atoms with E-state index < -0.39 is 6.61 Å². The van der Waals surface area contributed by atoms with E-state index in [9.17, 15) is 13.6 Å². The van der Waals surface area contributed by atoms with E-state index in [-0.39, 0.29) is 23.4 Å². The first-order chi connectivity index (χ1) is 11.3. The monoisotopic (exact) mass is 373 g/mol. The number of carbonyl (C=O) groups is 1. The van der Waals surface area contributed by atoms with Crippen LogP contribution in [0, 0.1) is 0 Å². The highest BCUT2D eigenvalue weighted by Crippen LogP contribution is 2.36. The van der Waals surface area contributed by atoms with Gasteiger partial charge >= 0.3 is 6.61 Å². The Bertz CT molecular complexity index is 677. The number of thioether (sulfide) groups is 1. The van der Waals surface area contributed by atoms with Gasteiger partial charge in [0.05, 0.1) is 11.5 Å². The van der Waals surface area contributed by atoms with Crippen LogP contribution in [-0.4, -0.2) is 34.4 Å². The Morgan fingerprint density at radius 2 is 2.04 bits per heavy atom. The van der Waals surface area contributed by atoms with Gasteiger partial charge in [-0.25, -0.2) is 0 Å². The van der Waals surface area contributed by atoms with Gasteiger partial charge < -0.3 is 9.47 Å². The second kappa shape index (κ2) is 7.94. The Morgan fingerprint density at radius 3 is 2.58 bits per heavy atom. The number of rotatable bonds is 6. The molecule has 1 amide bonds. The van der Waals surface area contributed by atoms with Gasteiger partial charge in [-0.05, 0) is 44.5 Å². The number of amides is 1. The Hall–Kier alpha value is -1.67. The molecule has 1 heterocycles. The molecule has 1 aromatic rings. The number of ether oxygens (including phenoxy) is 2. The molecule has 1 aromatic carbocycles. The first kappa shape index (κ1) is 18.7. The van der Waals surface area contributed by atoms with E-state index in [0.717, 1.165) is 0 Å². The summed E-state index contributed by atoms with van der Waals surface area (Å²) in [6.07, 6.45) is 1.66. The second-order valence-corrected chi connectivity index (χ2v) is 6.84. The molecule has 1 fully saturated rings. The molecule has 0 aromatic heterocycles. The summed E-state index contributed by atoms with van der Waals surface area (Å²) in [5.74, 6) is -0.00418. The van der Waals surface area contributed by atoms with Crippen LogP contribution in [0.5, 0.6) is 11.5 Å². The largest absolute Gasteiger partial charge is 0.490 e. The average Bonchev–Trinajstić information content (AvgIpc) is 2.76. The van der Waals surface area contributed by atoms with Gasteiger partial charge in [0.1, 0.15) is 4.32 Å². The third-order valence-electron chi connectivity index (χ3n) is 3.12. The summed E-state index contributed by atoms with van der Waals surface area (Å²) in [5.41, 5.74) is 0.643. The van der Waals surface area contributed by atoms with Crippen molar-refractivity contribution in [3.8, 4) is 11.5 Å². The zero-order chi connectivity index (χ0) is 17.9. The normalized spacial score (nSPS) is 16.6. The molecule has 130 valence electrons. The van der Waals surface area contributed by atoms with E-state index in [0.29, 0.717) is 21.4 Å². The smallest absolute Gasteiger partial charge is 0.387 e. The fourth-order valence-corrected chi connectivity index (χ4v) is 3.68. The van der Waals surface area contributed by atoms with Crippen molar-refractivity contribution in [2.45, 2.75) is 33.4 Å². The van der Waals surface area contributed by atoms with Crippen molar-refractivity contribution in [3.63, 3.8) is 0 Å². The van der Waals surface area contributed by atoms with Gasteiger partial charge in [-0.3, -0.25) is 9.69 Å². The third-order valence-corrected chi connectivity index (χ3v) is 4.45. The molecule has 1 aliphatic heterocycles. The molecule has 0 bridgehead atoms. The lowest BCUT2D eigenvalue weighted by atomic mass is 10.2. The lowest BCUT2D eigenvalue weighted by Crippen LogP contribution is -2.34. The first-order valence-electron chi connectivity index (χ1n) is 7.32. The van der Waals surface area contributed by atoms with E-state index in [1.807, 2.05) is 13.8 Å². The molecule has 0 N–H and O–H groups in total. The number of thiocarbonyl (C=S) groups is 1. The van der Waals surface area contributed by atoms with Gasteiger partial charge in [-0.15, -0.1) is 0 Å². The predicted octanol–water partition coefficient (Wildman–Crippen LogP) is 4.30. The Balaban J connectivity index is 2.31. The minimum absolute atomic E-state index is 0.0239. The van der Waals surface area contributed by atoms with Crippen molar-refractivity contribution in [2.24, 2.45) is 0 Å². The van der Waals surface area contributed by atoms with Crippen molar-refractivity contribution in [1.82, 2.24) is 4.90 Å². The fourth-order valence-electron chi connectivity index (χ4n) is 2.15. The molecular formula is C16H17F2NO3S2. The number of halogens is 2. The van der Waals surface area contributed by atoms with Crippen molar-refractivity contribution in [1.29, 1.82) is 0 Å². The lowest BCUT2D eigenvalue weighted by molar-refractivity contribution is -0.123. The molecule has 0 radical (unpaired) electrons. The number of alkyl halides is 2. The zero-order valence-corrected chi connectivity index (χ0v) is 15.0. The van der Waals surface area contributed by atoms with E-state index in [1.54, 1.807) is 30.0 Å². The highest BCUT2D eigenvalue weighted by atomic mass is 32.2. The summed E-state index contributed by atoms with van der Waals surface area (Å²) in [6, 6.07) is 4.52. The van der Waals surface area contributed by atoms with Crippen LogP contribution in [0.4, 0.5) is 8.78 Å². The minimum atomic E-state index is -2.93. The van der Waals surface area contributed by atoms with Crippen molar-refractivity contribution in [2.75, 3.05) is 6.61 Å². The summed E-state index contributed by atoms with van der Waals surface area (Å²) in [4.78, 5) is 14.4. The highest BCUT2D eigenvalue weighted by molar-refractivity contribution is 8.26. The summed E-state index contributed by atoms with van der Waals surface area (Å²) in [7, 11) is 0. The quantitative estimate of drug-likeness (QED) is 0.549. The maximum Gasteiger partial charge on any atom is 0.387 e. The molecule has 1 aliphatic rings. The Kier molecular flexibility index (Phi) is 6.17. The number of hydrogen-bond acceptors (Lipinski definition) is 5. The molecule has 8 heteroatoms. The maximum absolute atomic E-state index is 12.4. The minimum Gasteiger partial charge on any atom is -0.490 e. The SMILES string of the molecule is CCOc1cc(/C=C2\SC(=S)N(C(C)C)C2=O)ccc1OC(F)F. The van der Waals surface area contributed by atoms with Gasteiger partial charge in [0.15, 0.2) is 11.5 Å². The lowest BCUT2D eigenvalue weighted by Gasteiger charge is -2.18. The van der Waals surface area contributed by atoms with Crippen LogP contribution in [0.3, 0.4) is 0 Å². The van der Waals surface area contributed by atoms with Crippen molar-refractivity contribution < 1.29 is 23.0 Å². The van der Waals surface area contributed by atoms with E-state index in [2.05, 4.69) is 4.74 Å². The van der Waals surface area contributed by atoms with Crippen LogP contribution in [0.15, 0.2) is 23.1 Å². The molecule has 24 heavy (non-hydrogen) atoms. The topological polar surface area (TPSA) is 38.8 Å². The third kappa shape index (κ3) is 4.24. The fraction of sp³-hybridized carbons (Fsp3) is 0.375. The maximum atomic E-state index is 12.4. The molecule has 0 saturated carbocycles. The number of hydrogen-bond donors (Lipinski definition) is 0. The van der Waals surface area contributed by atoms with Crippen LogP contribution in [0.2, 0.25) is 0 Å².